The Kier molecular flexibility index (Phi) is 6.52. The van der Waals surface area contributed by atoms with Crippen LogP contribution in [0.5, 0.6) is 5.75 Å². The van der Waals surface area contributed by atoms with Crippen molar-refractivity contribution in [1.82, 2.24) is 10.2 Å². The Morgan fingerprint density at radius 1 is 1.24 bits per heavy atom. The van der Waals surface area contributed by atoms with Gasteiger partial charge in [-0.05, 0) is 31.9 Å². The Balaban J connectivity index is 1.81. The van der Waals surface area contributed by atoms with E-state index in [-0.39, 0.29) is 0 Å². The van der Waals surface area contributed by atoms with Gasteiger partial charge in [0.25, 0.3) is 0 Å². The first-order chi connectivity index (χ1) is 10.2. The highest BCUT2D eigenvalue weighted by atomic mass is 16.5. The SMILES string of the molecule is CCCN(CCOc1ccccc1CNC(C)C)C1CC1. The van der Waals surface area contributed by atoms with Gasteiger partial charge in [-0.1, -0.05) is 39.0 Å². The van der Waals surface area contributed by atoms with Crippen LogP contribution in [-0.4, -0.2) is 36.7 Å². The minimum atomic E-state index is 0.493. The predicted octanol–water partition coefficient (Wildman–Crippen LogP) is 3.44. The maximum absolute atomic E-state index is 6.04. The van der Waals surface area contributed by atoms with Gasteiger partial charge in [0, 0.05) is 30.7 Å². The first-order valence-electron chi connectivity index (χ1n) is 8.38. The van der Waals surface area contributed by atoms with Crippen LogP contribution in [0.4, 0.5) is 0 Å². The van der Waals surface area contributed by atoms with Crippen molar-refractivity contribution in [3.05, 3.63) is 29.8 Å². The first kappa shape index (κ1) is 16.3. The Hall–Kier alpha value is -1.06. The van der Waals surface area contributed by atoms with Crippen LogP contribution in [0, 0.1) is 0 Å². The molecule has 1 aliphatic carbocycles. The molecule has 1 saturated carbocycles. The molecule has 1 aromatic carbocycles. The second-order valence-electron chi connectivity index (χ2n) is 6.26. The van der Waals surface area contributed by atoms with E-state index in [0.29, 0.717) is 6.04 Å². The quantitative estimate of drug-likeness (QED) is 0.714. The van der Waals surface area contributed by atoms with Crippen molar-refractivity contribution in [1.29, 1.82) is 0 Å². The zero-order chi connectivity index (χ0) is 15.1. The Bertz CT molecular complexity index is 415. The van der Waals surface area contributed by atoms with Crippen LogP contribution in [0.1, 0.15) is 45.6 Å². The minimum Gasteiger partial charge on any atom is -0.492 e. The van der Waals surface area contributed by atoms with Crippen LogP contribution in [0.25, 0.3) is 0 Å². The van der Waals surface area contributed by atoms with E-state index in [9.17, 15) is 0 Å². The molecule has 0 bridgehead atoms. The fraction of sp³-hybridized carbons (Fsp3) is 0.667. The lowest BCUT2D eigenvalue weighted by Gasteiger charge is -2.21. The van der Waals surface area contributed by atoms with E-state index in [1.165, 1.54) is 31.4 Å². The second-order valence-corrected chi connectivity index (χ2v) is 6.26. The Morgan fingerprint density at radius 3 is 2.67 bits per heavy atom. The Morgan fingerprint density at radius 2 is 2.00 bits per heavy atom. The molecule has 2 rings (SSSR count). The van der Waals surface area contributed by atoms with Crippen LogP contribution >= 0.6 is 0 Å². The van der Waals surface area contributed by atoms with Crippen molar-refractivity contribution in [3.63, 3.8) is 0 Å². The zero-order valence-corrected chi connectivity index (χ0v) is 13.8. The maximum Gasteiger partial charge on any atom is 0.123 e. The van der Waals surface area contributed by atoms with Crippen molar-refractivity contribution in [3.8, 4) is 5.75 Å². The van der Waals surface area contributed by atoms with Gasteiger partial charge in [0.15, 0.2) is 0 Å². The smallest absolute Gasteiger partial charge is 0.123 e. The molecule has 0 aliphatic heterocycles. The van der Waals surface area contributed by atoms with E-state index in [0.717, 1.165) is 31.5 Å². The molecule has 0 heterocycles. The number of benzene rings is 1. The highest BCUT2D eigenvalue weighted by molar-refractivity contribution is 5.33. The summed E-state index contributed by atoms with van der Waals surface area (Å²) in [6.45, 7) is 10.5. The van der Waals surface area contributed by atoms with E-state index >= 15 is 0 Å². The van der Waals surface area contributed by atoms with Gasteiger partial charge in [0.05, 0.1) is 0 Å². The molecule has 0 saturated heterocycles. The summed E-state index contributed by atoms with van der Waals surface area (Å²) in [5, 5.41) is 3.46. The molecule has 0 spiro atoms. The Labute approximate surface area is 129 Å². The zero-order valence-electron chi connectivity index (χ0n) is 13.8. The molecule has 0 unspecified atom stereocenters. The third-order valence-electron chi connectivity index (χ3n) is 3.88. The lowest BCUT2D eigenvalue weighted by molar-refractivity contribution is 0.201. The van der Waals surface area contributed by atoms with Gasteiger partial charge in [-0.3, -0.25) is 4.90 Å². The summed E-state index contributed by atoms with van der Waals surface area (Å²) in [6.07, 6.45) is 3.97. The predicted molar refractivity (Wildman–Crippen MR) is 88.8 cm³/mol. The van der Waals surface area contributed by atoms with Gasteiger partial charge in [-0.2, -0.15) is 0 Å². The van der Waals surface area contributed by atoms with Gasteiger partial charge in [-0.15, -0.1) is 0 Å². The summed E-state index contributed by atoms with van der Waals surface area (Å²) in [7, 11) is 0. The molecule has 1 aromatic rings. The number of nitrogens with one attached hydrogen (secondary N) is 1. The van der Waals surface area contributed by atoms with Crippen molar-refractivity contribution in [2.75, 3.05) is 19.7 Å². The standard InChI is InChI=1S/C18H30N2O/c1-4-11-20(17-9-10-17)12-13-21-18-8-6-5-7-16(18)14-19-15(2)3/h5-8,15,17,19H,4,9-14H2,1-3H3. The second kappa shape index (κ2) is 8.40. The van der Waals surface area contributed by atoms with E-state index in [1.54, 1.807) is 0 Å². The molecular weight excluding hydrogens is 260 g/mol. The van der Waals surface area contributed by atoms with Gasteiger partial charge in [0.2, 0.25) is 0 Å². The van der Waals surface area contributed by atoms with Crippen molar-refractivity contribution < 1.29 is 4.74 Å². The molecule has 0 aromatic heterocycles. The average Bonchev–Trinajstić information content (AvgIpc) is 3.30. The lowest BCUT2D eigenvalue weighted by Crippen LogP contribution is -2.31. The molecule has 0 amide bonds. The topological polar surface area (TPSA) is 24.5 Å². The molecule has 118 valence electrons. The summed E-state index contributed by atoms with van der Waals surface area (Å²) >= 11 is 0. The summed E-state index contributed by atoms with van der Waals surface area (Å²) in [4.78, 5) is 2.58. The summed E-state index contributed by atoms with van der Waals surface area (Å²) in [5.74, 6) is 1.03. The number of nitrogens with zero attached hydrogens (tertiary/aromatic N) is 1. The number of ether oxygens (including phenoxy) is 1. The highest BCUT2D eigenvalue weighted by Gasteiger charge is 2.27. The van der Waals surface area contributed by atoms with E-state index in [4.69, 9.17) is 4.74 Å². The third kappa shape index (κ3) is 5.68. The molecule has 1 fully saturated rings. The van der Waals surface area contributed by atoms with Gasteiger partial charge in [-0.25, -0.2) is 0 Å². The normalized spacial score (nSPS) is 14.9. The van der Waals surface area contributed by atoms with Crippen molar-refractivity contribution in [2.24, 2.45) is 0 Å². The number of para-hydroxylation sites is 1. The monoisotopic (exact) mass is 290 g/mol. The van der Waals surface area contributed by atoms with Crippen molar-refractivity contribution >= 4 is 0 Å². The molecule has 0 radical (unpaired) electrons. The molecule has 1 N–H and O–H groups in total. The summed E-state index contributed by atoms with van der Waals surface area (Å²) in [5.41, 5.74) is 1.25. The van der Waals surface area contributed by atoms with E-state index in [1.807, 2.05) is 0 Å². The van der Waals surface area contributed by atoms with Crippen molar-refractivity contribution in [2.45, 2.75) is 58.7 Å². The fourth-order valence-electron chi connectivity index (χ4n) is 2.58. The third-order valence-corrected chi connectivity index (χ3v) is 3.88. The molecule has 3 nitrogen and oxygen atoms in total. The highest BCUT2D eigenvalue weighted by Crippen LogP contribution is 2.26. The summed E-state index contributed by atoms with van der Waals surface area (Å²) < 4.78 is 6.04. The number of hydrogen-bond donors (Lipinski definition) is 1. The lowest BCUT2D eigenvalue weighted by atomic mass is 10.2. The van der Waals surface area contributed by atoms with E-state index in [2.05, 4.69) is 55.3 Å². The van der Waals surface area contributed by atoms with Crippen LogP contribution < -0.4 is 10.1 Å². The number of rotatable bonds is 10. The van der Waals surface area contributed by atoms with Crippen LogP contribution in [-0.2, 0) is 6.54 Å². The number of hydrogen-bond acceptors (Lipinski definition) is 3. The molecule has 3 heteroatoms. The van der Waals surface area contributed by atoms with Crippen LogP contribution in [0.2, 0.25) is 0 Å². The minimum absolute atomic E-state index is 0.493. The van der Waals surface area contributed by atoms with Gasteiger partial charge >= 0.3 is 0 Å². The molecule has 0 atom stereocenters. The fourth-order valence-corrected chi connectivity index (χ4v) is 2.58. The van der Waals surface area contributed by atoms with Crippen LogP contribution in [0.15, 0.2) is 24.3 Å². The first-order valence-corrected chi connectivity index (χ1v) is 8.38. The van der Waals surface area contributed by atoms with Gasteiger partial charge in [0.1, 0.15) is 12.4 Å². The maximum atomic E-state index is 6.04. The van der Waals surface area contributed by atoms with E-state index < -0.39 is 0 Å². The molecule has 21 heavy (non-hydrogen) atoms. The molecular formula is C18H30N2O. The van der Waals surface area contributed by atoms with Crippen LogP contribution in [0.3, 0.4) is 0 Å². The molecule has 1 aliphatic rings. The average molecular weight is 290 g/mol. The summed E-state index contributed by atoms with van der Waals surface area (Å²) in [6, 6.07) is 9.68. The largest absolute Gasteiger partial charge is 0.492 e. The van der Waals surface area contributed by atoms with Gasteiger partial charge < -0.3 is 10.1 Å².